The van der Waals surface area contributed by atoms with Crippen molar-refractivity contribution in [3.63, 3.8) is 0 Å². The summed E-state index contributed by atoms with van der Waals surface area (Å²) >= 11 is 0. The average Bonchev–Trinajstić information content (AvgIpc) is 2.70. The summed E-state index contributed by atoms with van der Waals surface area (Å²) in [5.74, 6) is -1.07. The third-order valence-corrected chi connectivity index (χ3v) is 3.44. The maximum atomic E-state index is 13.3. The molecule has 0 amide bonds. The molecule has 0 heterocycles. The number of aryl methyl sites for hydroxylation is 1. The van der Waals surface area contributed by atoms with Crippen molar-refractivity contribution < 1.29 is 14.3 Å². The highest BCUT2D eigenvalue weighted by molar-refractivity contribution is 5.69. The Hall–Kier alpha value is -1.42. The maximum absolute atomic E-state index is 13.3. The van der Waals surface area contributed by atoms with E-state index in [1.807, 2.05) is 17.9 Å². The SMILES string of the molecule is CCCN(CC(=O)O)C1CCc2ccc(F)cc21. The Labute approximate surface area is 106 Å². The molecule has 98 valence electrons. The summed E-state index contributed by atoms with van der Waals surface area (Å²) in [6, 6.07) is 4.89. The number of rotatable bonds is 5. The second kappa shape index (κ2) is 5.48. The fraction of sp³-hybridized carbons (Fsp3) is 0.500. The summed E-state index contributed by atoms with van der Waals surface area (Å²) in [6.07, 6.45) is 2.68. The molecule has 0 bridgehead atoms. The van der Waals surface area contributed by atoms with Crippen LogP contribution >= 0.6 is 0 Å². The number of carboxylic acids is 1. The first kappa shape index (κ1) is 13.0. The minimum absolute atomic E-state index is 0.0223. The molecule has 1 aliphatic carbocycles. The van der Waals surface area contributed by atoms with Gasteiger partial charge in [-0.05, 0) is 49.1 Å². The maximum Gasteiger partial charge on any atom is 0.317 e. The number of carbonyl (C=O) groups is 1. The van der Waals surface area contributed by atoms with Crippen LogP contribution in [0.5, 0.6) is 0 Å². The fourth-order valence-corrected chi connectivity index (χ4v) is 2.74. The van der Waals surface area contributed by atoms with Gasteiger partial charge in [-0.1, -0.05) is 13.0 Å². The molecule has 1 aliphatic rings. The van der Waals surface area contributed by atoms with Gasteiger partial charge in [0.05, 0.1) is 6.54 Å². The number of hydrogen-bond acceptors (Lipinski definition) is 2. The number of nitrogens with zero attached hydrogens (tertiary/aromatic N) is 1. The topological polar surface area (TPSA) is 40.5 Å². The number of fused-ring (bicyclic) bond motifs is 1. The van der Waals surface area contributed by atoms with Crippen molar-refractivity contribution in [2.24, 2.45) is 0 Å². The minimum Gasteiger partial charge on any atom is -0.480 e. The molecule has 0 saturated carbocycles. The van der Waals surface area contributed by atoms with Gasteiger partial charge in [0.2, 0.25) is 0 Å². The summed E-state index contributed by atoms with van der Waals surface area (Å²) in [6.45, 7) is 2.78. The van der Waals surface area contributed by atoms with Gasteiger partial charge >= 0.3 is 5.97 Å². The van der Waals surface area contributed by atoms with Crippen molar-refractivity contribution in [2.45, 2.75) is 32.2 Å². The van der Waals surface area contributed by atoms with E-state index in [-0.39, 0.29) is 18.4 Å². The van der Waals surface area contributed by atoms with Gasteiger partial charge in [-0.3, -0.25) is 9.69 Å². The van der Waals surface area contributed by atoms with E-state index in [4.69, 9.17) is 5.11 Å². The molecule has 0 aliphatic heterocycles. The standard InChI is InChI=1S/C14H18FNO2/c1-2-7-16(9-14(17)18)13-6-4-10-3-5-11(15)8-12(10)13/h3,5,8,13H,2,4,6-7,9H2,1H3,(H,17,18). The predicted molar refractivity (Wildman–Crippen MR) is 67.0 cm³/mol. The van der Waals surface area contributed by atoms with E-state index < -0.39 is 5.97 Å². The molecule has 2 rings (SSSR count). The van der Waals surface area contributed by atoms with Crippen LogP contribution in [0.3, 0.4) is 0 Å². The molecule has 0 aromatic heterocycles. The normalized spacial score (nSPS) is 18.1. The van der Waals surface area contributed by atoms with Gasteiger partial charge in [-0.15, -0.1) is 0 Å². The lowest BCUT2D eigenvalue weighted by atomic mass is 10.1. The molecule has 1 aromatic rings. The zero-order valence-electron chi connectivity index (χ0n) is 10.5. The number of halogens is 1. The van der Waals surface area contributed by atoms with Gasteiger partial charge in [-0.2, -0.15) is 0 Å². The van der Waals surface area contributed by atoms with Crippen LogP contribution in [0.4, 0.5) is 4.39 Å². The molecular weight excluding hydrogens is 233 g/mol. The van der Waals surface area contributed by atoms with Crippen molar-refractivity contribution in [1.29, 1.82) is 0 Å². The lowest BCUT2D eigenvalue weighted by Gasteiger charge is -2.27. The van der Waals surface area contributed by atoms with E-state index in [1.165, 1.54) is 6.07 Å². The second-order valence-electron chi connectivity index (χ2n) is 4.76. The number of hydrogen-bond donors (Lipinski definition) is 1. The quantitative estimate of drug-likeness (QED) is 0.874. The monoisotopic (exact) mass is 251 g/mol. The summed E-state index contributed by atoms with van der Waals surface area (Å²) in [7, 11) is 0. The summed E-state index contributed by atoms with van der Waals surface area (Å²) in [5.41, 5.74) is 2.11. The average molecular weight is 251 g/mol. The first-order chi connectivity index (χ1) is 8.61. The van der Waals surface area contributed by atoms with Crippen LogP contribution < -0.4 is 0 Å². The molecule has 0 radical (unpaired) electrons. The van der Waals surface area contributed by atoms with Crippen molar-refractivity contribution in [3.8, 4) is 0 Å². The molecule has 1 aromatic carbocycles. The molecule has 3 nitrogen and oxygen atoms in total. The van der Waals surface area contributed by atoms with Crippen molar-refractivity contribution >= 4 is 5.97 Å². The molecule has 1 atom stereocenters. The smallest absolute Gasteiger partial charge is 0.317 e. The van der Waals surface area contributed by atoms with E-state index in [2.05, 4.69) is 0 Å². The second-order valence-corrected chi connectivity index (χ2v) is 4.76. The van der Waals surface area contributed by atoms with E-state index in [0.717, 1.165) is 36.9 Å². The fourth-order valence-electron chi connectivity index (χ4n) is 2.74. The van der Waals surface area contributed by atoms with Crippen molar-refractivity contribution in [3.05, 3.63) is 35.1 Å². The van der Waals surface area contributed by atoms with Gasteiger partial charge < -0.3 is 5.11 Å². The molecule has 18 heavy (non-hydrogen) atoms. The van der Waals surface area contributed by atoms with Crippen LogP contribution in [0, 0.1) is 5.82 Å². The number of benzene rings is 1. The molecular formula is C14H18FNO2. The Morgan fingerprint density at radius 1 is 1.56 bits per heavy atom. The van der Waals surface area contributed by atoms with E-state index in [1.54, 1.807) is 6.07 Å². The van der Waals surface area contributed by atoms with Gasteiger partial charge in [0.15, 0.2) is 0 Å². The predicted octanol–water partition coefficient (Wildman–Crippen LogP) is 2.61. The highest BCUT2D eigenvalue weighted by Gasteiger charge is 2.28. The highest BCUT2D eigenvalue weighted by Crippen LogP contribution is 2.36. The van der Waals surface area contributed by atoms with E-state index >= 15 is 0 Å². The third kappa shape index (κ3) is 2.70. The Kier molecular flexibility index (Phi) is 3.97. The summed E-state index contributed by atoms with van der Waals surface area (Å²) < 4.78 is 13.3. The number of carboxylic acid groups (broad SMARTS) is 1. The first-order valence-electron chi connectivity index (χ1n) is 6.36. The Bertz CT molecular complexity index is 447. The van der Waals surface area contributed by atoms with Crippen LogP contribution in [0.2, 0.25) is 0 Å². The lowest BCUT2D eigenvalue weighted by molar-refractivity contribution is -0.139. The summed E-state index contributed by atoms with van der Waals surface area (Å²) in [5, 5.41) is 8.96. The molecule has 0 saturated heterocycles. The van der Waals surface area contributed by atoms with Crippen LogP contribution in [0.1, 0.15) is 36.9 Å². The van der Waals surface area contributed by atoms with Crippen molar-refractivity contribution in [2.75, 3.05) is 13.1 Å². The summed E-state index contributed by atoms with van der Waals surface area (Å²) in [4.78, 5) is 12.8. The van der Waals surface area contributed by atoms with E-state index in [9.17, 15) is 9.18 Å². The van der Waals surface area contributed by atoms with Crippen LogP contribution in [-0.2, 0) is 11.2 Å². The van der Waals surface area contributed by atoms with Crippen molar-refractivity contribution in [1.82, 2.24) is 4.90 Å². The Morgan fingerprint density at radius 3 is 3.00 bits per heavy atom. The molecule has 4 heteroatoms. The Morgan fingerprint density at radius 2 is 2.33 bits per heavy atom. The van der Waals surface area contributed by atoms with Crippen LogP contribution in [-0.4, -0.2) is 29.1 Å². The molecule has 1 N–H and O–H groups in total. The van der Waals surface area contributed by atoms with Gasteiger partial charge in [0.1, 0.15) is 5.82 Å². The first-order valence-corrected chi connectivity index (χ1v) is 6.36. The zero-order chi connectivity index (χ0) is 13.1. The number of aliphatic carboxylic acids is 1. The largest absolute Gasteiger partial charge is 0.480 e. The molecule has 0 fully saturated rings. The van der Waals surface area contributed by atoms with Gasteiger partial charge in [-0.25, -0.2) is 4.39 Å². The minimum atomic E-state index is -0.826. The van der Waals surface area contributed by atoms with Crippen LogP contribution in [0.25, 0.3) is 0 Å². The molecule has 1 unspecified atom stereocenters. The van der Waals surface area contributed by atoms with Gasteiger partial charge in [0, 0.05) is 6.04 Å². The molecule has 0 spiro atoms. The highest BCUT2D eigenvalue weighted by atomic mass is 19.1. The van der Waals surface area contributed by atoms with E-state index in [0.29, 0.717) is 0 Å². The third-order valence-electron chi connectivity index (χ3n) is 3.44. The van der Waals surface area contributed by atoms with Gasteiger partial charge in [0.25, 0.3) is 0 Å². The van der Waals surface area contributed by atoms with Crippen LogP contribution in [0.15, 0.2) is 18.2 Å². The Balaban J connectivity index is 2.23. The lowest BCUT2D eigenvalue weighted by Crippen LogP contribution is -2.33. The zero-order valence-corrected chi connectivity index (χ0v) is 10.5.